The minimum absolute atomic E-state index is 0.0874. The van der Waals surface area contributed by atoms with E-state index in [1.54, 1.807) is 96.2 Å². The topological polar surface area (TPSA) is 409 Å². The van der Waals surface area contributed by atoms with E-state index < -0.39 is 192 Å². The number of benzene rings is 4. The molecule has 2 aliphatic rings. The molecule has 16 atom stereocenters. The Balaban J connectivity index is 0.000000401. The van der Waals surface area contributed by atoms with Gasteiger partial charge >= 0.3 is 47.8 Å². The lowest BCUT2D eigenvalue weighted by atomic mass is 9.99. The van der Waals surface area contributed by atoms with Crippen LogP contribution in [-0.2, 0) is 153 Å². The molecule has 36 nitrogen and oxygen atoms in total. The third kappa shape index (κ3) is 36.1. The van der Waals surface area contributed by atoms with Gasteiger partial charge in [-0.2, -0.15) is 5.10 Å². The molecule has 4 aromatic carbocycles. The van der Waals surface area contributed by atoms with Crippen molar-refractivity contribution >= 4 is 95.0 Å². The Kier molecular flexibility index (Phi) is 47.2. The molecule has 2 saturated heterocycles. The fraction of sp³-hybridized carbons (Fsp3) is 0.589. The van der Waals surface area contributed by atoms with Crippen LogP contribution in [0.4, 0.5) is 0 Å². The fourth-order valence-corrected chi connectivity index (χ4v) is 17.8. The summed E-state index contributed by atoms with van der Waals surface area (Å²) in [7, 11) is 11.1. The molecule has 8 rings (SSSR count). The van der Waals surface area contributed by atoms with Crippen molar-refractivity contribution in [2.45, 2.75) is 326 Å². The number of aromatic nitrogens is 4. The van der Waals surface area contributed by atoms with Crippen molar-refractivity contribution in [1.82, 2.24) is 58.5 Å². The first kappa shape index (κ1) is 122. The lowest BCUT2D eigenvalue weighted by Gasteiger charge is -2.35. The number of rotatable bonds is 28. The Morgan fingerprint density at radius 1 is 0.236 bits per heavy atom. The SMILES string of the molecule is CC(C)C[C@H]1C(=O)O[C@H](Cc2ccc(Cn3cccn3)cc2)C(=O)N(C)[C@@H](CC(C)C)C(=O)O[C@H](C)C(=O)N(C)[C@@H](CC(C)C)C(=O)O[C@H](Cc2ccccc2)C(=O)N(C)[C@@H](CC(C)C)C(=O)O[C@H](C)C(=O)N1C.CC(C)C[C@H]1C(=O)O[C@H](Cc2ccc(Cn3ccnc3)cc2)C(=O)N(C)[C@@H](CC(C)C)C(=O)O[C@H](C)C(=O)N(C)[C@@H](CC(C)C)C(=O)O[C@H](Cc2ccccc2)C(=O)N(C)[C@@H](CC(C)C)C(=O)O[C@H](C)C(=O)N1C. The predicted octanol–water partition coefficient (Wildman–Crippen LogP) is 11.8. The van der Waals surface area contributed by atoms with E-state index in [4.69, 9.17) is 37.9 Å². The van der Waals surface area contributed by atoms with Crippen molar-refractivity contribution in [1.29, 1.82) is 0 Å². The van der Waals surface area contributed by atoms with Gasteiger partial charge in [-0.05, 0) is 166 Å². The molecule has 812 valence electrons. The van der Waals surface area contributed by atoms with Crippen molar-refractivity contribution < 1.29 is 115 Å². The van der Waals surface area contributed by atoms with Crippen LogP contribution in [0.5, 0.6) is 0 Å². The third-order valence-electron chi connectivity index (χ3n) is 26.2. The Morgan fingerprint density at radius 2 is 0.439 bits per heavy atom. The number of carbonyl (C=O) groups excluding carboxylic acids is 16. The van der Waals surface area contributed by atoms with Crippen molar-refractivity contribution in [2.24, 2.45) is 47.3 Å². The van der Waals surface area contributed by atoms with Crippen molar-refractivity contribution in [3.8, 4) is 0 Å². The van der Waals surface area contributed by atoms with Gasteiger partial charge in [0, 0.05) is 113 Å². The summed E-state index contributed by atoms with van der Waals surface area (Å²) >= 11 is 0. The van der Waals surface area contributed by atoms with Crippen LogP contribution in [0, 0.1) is 47.3 Å². The molecule has 0 bridgehead atoms. The van der Waals surface area contributed by atoms with Gasteiger partial charge in [0.25, 0.3) is 47.3 Å². The van der Waals surface area contributed by atoms with Crippen LogP contribution < -0.4 is 0 Å². The van der Waals surface area contributed by atoms with Gasteiger partial charge in [0.15, 0.2) is 48.8 Å². The molecule has 148 heavy (non-hydrogen) atoms. The Morgan fingerprint density at radius 3 is 0.642 bits per heavy atom. The smallest absolute Gasteiger partial charge is 0.329 e. The predicted molar refractivity (Wildman–Crippen MR) is 553 cm³/mol. The summed E-state index contributed by atoms with van der Waals surface area (Å²) in [4.78, 5) is 245. The zero-order chi connectivity index (χ0) is 110. The monoisotopic (exact) mass is 2060 g/mol. The maximum atomic E-state index is 14.9. The summed E-state index contributed by atoms with van der Waals surface area (Å²) in [5.41, 5.74) is 4.40. The number of cyclic esters (lactones) is 8. The van der Waals surface area contributed by atoms with Crippen LogP contribution in [-0.4, -0.2) is 307 Å². The van der Waals surface area contributed by atoms with E-state index in [1.165, 1.54) is 84.1 Å². The number of likely N-dealkylation sites (N-methyl/N-ethyl adjacent to an activating group) is 8. The third-order valence-corrected chi connectivity index (χ3v) is 26.2. The lowest BCUT2D eigenvalue weighted by molar-refractivity contribution is -0.176. The second-order valence-corrected chi connectivity index (χ2v) is 42.6. The zero-order valence-electron chi connectivity index (χ0n) is 91.8. The largest absolute Gasteiger partial charge is 0.451 e. The van der Waals surface area contributed by atoms with Crippen LogP contribution >= 0.6 is 0 Å². The summed E-state index contributed by atoms with van der Waals surface area (Å²) in [5, 5.41) is 4.27. The lowest BCUT2D eigenvalue weighted by Crippen LogP contribution is -2.55. The number of ether oxygens (including phenoxy) is 8. The molecule has 4 heterocycles. The Labute approximate surface area is 872 Å². The molecule has 0 spiro atoms. The summed E-state index contributed by atoms with van der Waals surface area (Å²) in [5.74, 6) is -14.5. The maximum Gasteiger partial charge on any atom is 0.329 e. The van der Waals surface area contributed by atoms with Crippen LogP contribution in [0.25, 0.3) is 0 Å². The highest BCUT2D eigenvalue weighted by Crippen LogP contribution is 2.30. The van der Waals surface area contributed by atoms with E-state index >= 15 is 0 Å². The standard InChI is InChI=1S/2C56H80N6O12/c1-34(2)27-43-53(67)71-39(10)50(64)59(12)46(30-37(7)8)56(70)74-48(32-41-21-23-42(24-22-41)33-62-26-18-25-57-62)52(66)61(14)44(28-35(3)4)54(68)72-38(9)49(63)58(11)45(29-36(5)6)55(69)73-47(51(65)60(43)13)31-40-19-16-15-17-20-40;1-34(2)26-43-53(67)71-39(10)50(64)59(12)46(29-37(7)8)56(70)74-48(31-41-20-22-42(23-21-41)32-62-25-24-57-33-62)52(66)61(14)44(27-35(3)4)54(68)72-38(9)49(63)58(11)45(28-36(5)6)55(69)73-47(51(65)60(43)13)30-40-18-16-15-17-19-40/h15-26,34-39,43-48H,27-33H2,1-14H3;15-25,33-39,43-48H,26-32H2,1-14H3/t2*38-,39-,43+,44+,45+,46+,47-,48-/m11/s1. The minimum Gasteiger partial charge on any atom is -0.451 e. The molecule has 0 saturated carbocycles. The average molecular weight is 2060 g/mol. The van der Waals surface area contributed by atoms with E-state index in [2.05, 4.69) is 10.1 Å². The van der Waals surface area contributed by atoms with Crippen molar-refractivity contribution in [2.75, 3.05) is 56.4 Å². The number of amides is 8. The van der Waals surface area contributed by atoms with E-state index in [9.17, 15) is 76.7 Å². The number of imidazole rings is 1. The molecule has 0 aliphatic carbocycles. The highest BCUT2D eigenvalue weighted by atomic mass is 16.6. The molecule has 6 aromatic rings. The van der Waals surface area contributed by atoms with Gasteiger partial charge in [0.2, 0.25) is 0 Å². The highest BCUT2D eigenvalue weighted by Gasteiger charge is 2.48. The molecule has 8 amide bonds. The fourth-order valence-electron chi connectivity index (χ4n) is 17.8. The normalized spacial score (nSPS) is 24.1. The van der Waals surface area contributed by atoms with Gasteiger partial charge in [-0.1, -0.05) is 220 Å². The Bertz CT molecular complexity index is 5000. The van der Waals surface area contributed by atoms with Gasteiger partial charge in [0.1, 0.15) is 48.3 Å². The summed E-state index contributed by atoms with van der Waals surface area (Å²) in [6.07, 6.45) is -2.77. The van der Waals surface area contributed by atoms with Crippen LogP contribution in [0.1, 0.15) is 223 Å². The van der Waals surface area contributed by atoms with Gasteiger partial charge in [0.05, 0.1) is 12.9 Å². The zero-order valence-corrected chi connectivity index (χ0v) is 91.8. The number of esters is 8. The van der Waals surface area contributed by atoms with Crippen LogP contribution in [0.3, 0.4) is 0 Å². The molecule has 2 fully saturated rings. The van der Waals surface area contributed by atoms with E-state index in [0.29, 0.717) is 35.3 Å². The first-order valence-electron chi connectivity index (χ1n) is 51.5. The second-order valence-electron chi connectivity index (χ2n) is 42.6. The highest BCUT2D eigenvalue weighted by molar-refractivity contribution is 5.97. The number of hydrogen-bond acceptors (Lipinski definition) is 26. The van der Waals surface area contributed by atoms with E-state index in [-0.39, 0.29) is 124 Å². The number of nitrogens with zero attached hydrogens (tertiary/aromatic N) is 12. The van der Waals surface area contributed by atoms with Crippen molar-refractivity contribution in [3.63, 3.8) is 0 Å². The summed E-state index contributed by atoms with van der Waals surface area (Å²) in [6, 6.07) is 24.2. The van der Waals surface area contributed by atoms with E-state index in [0.717, 1.165) is 50.3 Å². The first-order valence-corrected chi connectivity index (χ1v) is 51.5. The molecular weight excluding hydrogens is 1900 g/mol. The number of carbonyl (C=O) groups is 16. The second kappa shape index (κ2) is 57.4. The maximum absolute atomic E-state index is 14.9. The molecular formula is C112H160N12O24. The van der Waals surface area contributed by atoms with Gasteiger partial charge in [-0.15, -0.1) is 0 Å². The average Bonchev–Trinajstić information content (AvgIpc) is 0.958. The first-order chi connectivity index (χ1) is 69.6. The summed E-state index contributed by atoms with van der Waals surface area (Å²) in [6.45, 7) is 36.1. The van der Waals surface area contributed by atoms with Gasteiger partial charge in [-0.25, -0.2) is 43.3 Å². The minimum atomic E-state index is -1.52. The Hall–Kier alpha value is -13.2. The van der Waals surface area contributed by atoms with Crippen molar-refractivity contribution in [3.05, 3.63) is 180 Å². The number of hydrogen-bond donors (Lipinski definition) is 0. The molecule has 2 aliphatic heterocycles. The molecule has 36 heteroatoms. The van der Waals surface area contributed by atoms with E-state index in [1.807, 2.05) is 170 Å². The molecule has 2 aromatic heterocycles. The summed E-state index contributed by atoms with van der Waals surface area (Å²) < 4.78 is 51.6. The molecule has 0 radical (unpaired) electrons. The van der Waals surface area contributed by atoms with Gasteiger partial charge in [-0.3, -0.25) is 43.0 Å². The van der Waals surface area contributed by atoms with Crippen LogP contribution in [0.15, 0.2) is 146 Å². The quantitative estimate of drug-likeness (QED) is 0.0325. The van der Waals surface area contributed by atoms with Crippen LogP contribution in [0.2, 0.25) is 0 Å². The van der Waals surface area contributed by atoms with Gasteiger partial charge < -0.3 is 81.7 Å². The molecule has 0 unspecified atom stereocenters. The molecule has 0 N–H and O–H groups in total.